The molecular weight excluding hydrogens is 380 g/mol. The lowest BCUT2D eigenvalue weighted by atomic mass is 9.94. The van der Waals surface area contributed by atoms with E-state index in [0.29, 0.717) is 41.8 Å². The largest absolute Gasteiger partial charge is 0.497 e. The minimum Gasteiger partial charge on any atom is -0.497 e. The van der Waals surface area contributed by atoms with E-state index in [1.807, 2.05) is 0 Å². The first-order chi connectivity index (χ1) is 13.9. The van der Waals surface area contributed by atoms with Crippen LogP contribution in [-0.2, 0) is 16.0 Å². The van der Waals surface area contributed by atoms with Gasteiger partial charge < -0.3 is 29.2 Å². The molecule has 0 saturated heterocycles. The number of carboxylic acids is 2. The Morgan fingerprint density at radius 2 is 1.66 bits per heavy atom. The maximum atomic E-state index is 12.0. The molecule has 0 aromatic heterocycles. The van der Waals surface area contributed by atoms with Gasteiger partial charge in [-0.3, -0.25) is 0 Å². The normalized spacial score (nSPS) is 13.3. The molecule has 1 aliphatic rings. The summed E-state index contributed by atoms with van der Waals surface area (Å²) in [6.07, 6.45) is -0.154. The van der Waals surface area contributed by atoms with E-state index in [-0.39, 0.29) is 23.1 Å². The van der Waals surface area contributed by atoms with E-state index < -0.39 is 11.9 Å². The Morgan fingerprint density at radius 1 is 0.931 bits per heavy atom. The van der Waals surface area contributed by atoms with E-state index in [0.717, 1.165) is 0 Å². The number of hydrogen-bond acceptors (Lipinski definition) is 6. The van der Waals surface area contributed by atoms with Crippen molar-refractivity contribution < 1.29 is 38.7 Å². The Morgan fingerprint density at radius 3 is 2.28 bits per heavy atom. The first-order valence-corrected chi connectivity index (χ1v) is 8.75. The number of ether oxygens (including phenoxy) is 4. The van der Waals surface area contributed by atoms with Crippen molar-refractivity contribution in [1.82, 2.24) is 0 Å². The minimum atomic E-state index is -1.36. The summed E-state index contributed by atoms with van der Waals surface area (Å²) in [5, 5.41) is 19.6. The Labute approximate surface area is 166 Å². The number of fused-ring (bicyclic) bond motifs is 1. The van der Waals surface area contributed by atoms with Gasteiger partial charge in [0.25, 0.3) is 0 Å². The second-order valence-corrected chi connectivity index (χ2v) is 6.18. The van der Waals surface area contributed by atoms with Crippen molar-refractivity contribution in [2.45, 2.75) is 6.42 Å². The second kappa shape index (κ2) is 8.55. The van der Waals surface area contributed by atoms with Crippen LogP contribution in [0.1, 0.15) is 11.1 Å². The number of benzene rings is 2. The SMILES string of the molecule is COc1ccc(C/C(C(=O)O)=C(/C(=O)O)c2ccc3c(c2)OCCO3)c(OC)c1. The molecule has 0 amide bonds. The van der Waals surface area contributed by atoms with Gasteiger partial charge in [-0.15, -0.1) is 0 Å². The number of hydrogen-bond donors (Lipinski definition) is 2. The molecule has 29 heavy (non-hydrogen) atoms. The molecule has 0 spiro atoms. The zero-order valence-corrected chi connectivity index (χ0v) is 15.9. The molecule has 0 bridgehead atoms. The molecule has 0 fully saturated rings. The summed E-state index contributed by atoms with van der Waals surface area (Å²) < 4.78 is 21.4. The van der Waals surface area contributed by atoms with Crippen LogP contribution < -0.4 is 18.9 Å². The maximum absolute atomic E-state index is 12.0. The average Bonchev–Trinajstić information content (AvgIpc) is 2.72. The van der Waals surface area contributed by atoms with Gasteiger partial charge in [-0.1, -0.05) is 12.1 Å². The van der Waals surface area contributed by atoms with Gasteiger partial charge in [0.15, 0.2) is 11.5 Å². The summed E-state index contributed by atoms with van der Waals surface area (Å²) in [4.78, 5) is 24.0. The molecule has 2 N–H and O–H groups in total. The van der Waals surface area contributed by atoms with Gasteiger partial charge in [0, 0.05) is 12.5 Å². The smallest absolute Gasteiger partial charge is 0.336 e. The molecule has 0 radical (unpaired) electrons. The fourth-order valence-corrected chi connectivity index (χ4v) is 3.08. The van der Waals surface area contributed by atoms with E-state index in [4.69, 9.17) is 18.9 Å². The van der Waals surface area contributed by atoms with Crippen LogP contribution >= 0.6 is 0 Å². The molecule has 0 aliphatic carbocycles. The van der Waals surface area contributed by atoms with Gasteiger partial charge in [-0.2, -0.15) is 0 Å². The van der Waals surface area contributed by atoms with Gasteiger partial charge in [-0.25, -0.2) is 9.59 Å². The standard InChI is InChI=1S/C21H20O8/c1-26-14-5-3-12(17(11-14)27-2)9-15(20(22)23)19(21(24)25)13-4-6-16-18(10-13)29-8-7-28-16/h3-6,10-11H,7-9H2,1-2H3,(H,22,23)(H,24,25)/b19-15-. The van der Waals surface area contributed by atoms with Crippen molar-refractivity contribution in [1.29, 1.82) is 0 Å². The number of carboxylic acid groups (broad SMARTS) is 2. The molecule has 2 aromatic carbocycles. The lowest BCUT2D eigenvalue weighted by Gasteiger charge is -2.19. The van der Waals surface area contributed by atoms with E-state index in [1.54, 1.807) is 24.3 Å². The molecule has 8 nitrogen and oxygen atoms in total. The topological polar surface area (TPSA) is 112 Å². The van der Waals surface area contributed by atoms with Crippen molar-refractivity contribution in [3.05, 3.63) is 53.1 Å². The van der Waals surface area contributed by atoms with Crippen LogP contribution in [0.4, 0.5) is 0 Å². The fraction of sp³-hybridized carbons (Fsp3) is 0.238. The van der Waals surface area contributed by atoms with Gasteiger partial charge in [0.1, 0.15) is 24.7 Å². The van der Waals surface area contributed by atoms with Crippen molar-refractivity contribution >= 4 is 17.5 Å². The summed E-state index contributed by atoms with van der Waals surface area (Å²) in [6, 6.07) is 9.46. The molecule has 0 atom stereocenters. The number of methoxy groups -OCH3 is 2. The van der Waals surface area contributed by atoms with Crippen LogP contribution in [0.2, 0.25) is 0 Å². The minimum absolute atomic E-state index is 0.154. The number of aliphatic carboxylic acids is 2. The molecule has 2 aromatic rings. The molecule has 1 heterocycles. The Balaban J connectivity index is 2.10. The average molecular weight is 400 g/mol. The molecule has 0 saturated carbocycles. The predicted octanol–water partition coefficient (Wildman–Crippen LogP) is 2.64. The molecule has 152 valence electrons. The first kappa shape index (κ1) is 20.1. The van der Waals surface area contributed by atoms with Crippen molar-refractivity contribution in [3.63, 3.8) is 0 Å². The quantitative estimate of drug-likeness (QED) is 0.683. The zero-order valence-electron chi connectivity index (χ0n) is 15.9. The van der Waals surface area contributed by atoms with Crippen molar-refractivity contribution in [2.75, 3.05) is 27.4 Å². The molecular formula is C21H20O8. The van der Waals surface area contributed by atoms with Gasteiger partial charge >= 0.3 is 11.9 Å². The highest BCUT2D eigenvalue weighted by Crippen LogP contribution is 2.35. The van der Waals surface area contributed by atoms with Gasteiger partial charge in [0.05, 0.1) is 25.4 Å². The van der Waals surface area contributed by atoms with Crippen LogP contribution in [0.3, 0.4) is 0 Å². The van der Waals surface area contributed by atoms with Crippen molar-refractivity contribution in [3.8, 4) is 23.0 Å². The lowest BCUT2D eigenvalue weighted by Crippen LogP contribution is -2.16. The Hall–Kier alpha value is -3.68. The highest BCUT2D eigenvalue weighted by atomic mass is 16.6. The summed E-state index contributed by atoms with van der Waals surface area (Å²) in [7, 11) is 2.95. The van der Waals surface area contributed by atoms with E-state index >= 15 is 0 Å². The number of carbonyl (C=O) groups is 2. The van der Waals surface area contributed by atoms with Gasteiger partial charge in [0.2, 0.25) is 0 Å². The molecule has 3 rings (SSSR count). The van der Waals surface area contributed by atoms with Crippen molar-refractivity contribution in [2.24, 2.45) is 0 Å². The highest BCUT2D eigenvalue weighted by Gasteiger charge is 2.25. The molecule has 0 unspecified atom stereocenters. The Bertz CT molecular complexity index is 977. The van der Waals surface area contributed by atoms with E-state index in [2.05, 4.69) is 0 Å². The third-order valence-electron chi connectivity index (χ3n) is 4.47. The fourth-order valence-electron chi connectivity index (χ4n) is 3.08. The third-order valence-corrected chi connectivity index (χ3v) is 4.47. The summed E-state index contributed by atoms with van der Waals surface area (Å²) in [6.45, 7) is 0.725. The monoisotopic (exact) mass is 400 g/mol. The summed E-state index contributed by atoms with van der Waals surface area (Å²) in [5.41, 5.74) is 0.124. The predicted molar refractivity (Wildman–Crippen MR) is 103 cm³/mol. The maximum Gasteiger partial charge on any atom is 0.336 e. The van der Waals surface area contributed by atoms with Crippen LogP contribution in [-0.4, -0.2) is 49.6 Å². The second-order valence-electron chi connectivity index (χ2n) is 6.18. The van der Waals surface area contributed by atoms with Crippen LogP contribution in [0.5, 0.6) is 23.0 Å². The van der Waals surface area contributed by atoms with Crippen LogP contribution in [0.25, 0.3) is 5.57 Å². The van der Waals surface area contributed by atoms with Crippen LogP contribution in [0.15, 0.2) is 42.0 Å². The Kier molecular flexibility index (Phi) is 5.92. The van der Waals surface area contributed by atoms with Gasteiger partial charge in [-0.05, 0) is 29.3 Å². The molecule has 1 aliphatic heterocycles. The highest BCUT2D eigenvalue weighted by molar-refractivity contribution is 6.22. The lowest BCUT2D eigenvalue weighted by molar-refractivity contribution is -0.134. The summed E-state index contributed by atoms with van der Waals surface area (Å²) in [5.74, 6) is -0.897. The number of rotatable bonds is 7. The zero-order chi connectivity index (χ0) is 21.0. The summed E-state index contributed by atoms with van der Waals surface area (Å²) >= 11 is 0. The van der Waals surface area contributed by atoms with Crippen LogP contribution in [0, 0.1) is 0 Å². The molecule has 8 heteroatoms. The first-order valence-electron chi connectivity index (χ1n) is 8.75. The van der Waals surface area contributed by atoms with E-state index in [9.17, 15) is 19.8 Å². The third kappa shape index (κ3) is 4.26. The van der Waals surface area contributed by atoms with E-state index in [1.165, 1.54) is 26.4 Å².